The van der Waals surface area contributed by atoms with E-state index in [1.165, 1.54) is 56.8 Å². The van der Waals surface area contributed by atoms with Gasteiger partial charge in [-0.25, -0.2) is 0 Å². The number of nitrogens with two attached hydrogens (primary N) is 2. The SMILES string of the molecule is CC(=O)CC1NC(=O)C(C)NC(=O)C2CSCc3cc(cc(c3)CSCC(NC(C)C)C(=O)NC(C)C(=O)NC(CC(N)=O)C(=O)NC(CCC(=O)O)C(=O)NC(Cc3cccc4ccccc34)C(=O)NC(C)C(=O)N2)CSCC(C(N)=O)NC(=O)C(C(C)(C)C)NC(=O)C(CC(=O)O)NC(=O)C(Cc2ccc(O)cc2)NC(=O)C(Cc2ccccc2)NC1=O. The van der Waals surface area contributed by atoms with Crippen molar-refractivity contribution in [2.75, 3.05) is 17.3 Å². The molecule has 37 nitrogen and oxygen atoms in total. The molecule has 5 aromatic rings. The van der Waals surface area contributed by atoms with Gasteiger partial charge in [-0.2, -0.15) is 35.3 Å². The molecule has 125 heavy (non-hydrogen) atoms. The van der Waals surface area contributed by atoms with Gasteiger partial charge in [0.2, 0.25) is 88.6 Å². The van der Waals surface area contributed by atoms with Gasteiger partial charge in [0.1, 0.15) is 90.1 Å². The molecule has 0 aromatic heterocycles. The predicted octanol–water partition coefficient (Wildman–Crippen LogP) is -0.546. The molecule has 5 aromatic carbocycles. The Bertz CT molecular complexity index is 4780. The van der Waals surface area contributed by atoms with Gasteiger partial charge in [-0.05, 0) is 95.8 Å². The molecule has 0 saturated carbocycles. The Kier molecular flexibility index (Phi) is 38.1. The van der Waals surface area contributed by atoms with Gasteiger partial charge >= 0.3 is 11.9 Å². The summed E-state index contributed by atoms with van der Waals surface area (Å²) in [5.41, 5.74) is 13.4. The Hall–Kier alpha value is -12.2. The second-order valence-electron chi connectivity index (χ2n) is 32.0. The molecule has 0 aliphatic carbocycles. The minimum atomic E-state index is -1.98. The van der Waals surface area contributed by atoms with E-state index in [1.807, 2.05) is 12.1 Å². The first kappa shape index (κ1) is 99.9. The number of carboxylic acids is 2. The van der Waals surface area contributed by atoms with Crippen molar-refractivity contribution >= 4 is 152 Å². The Morgan fingerprint density at radius 3 is 1.40 bits per heavy atom. The van der Waals surface area contributed by atoms with Crippen LogP contribution in [0.25, 0.3) is 10.8 Å². The van der Waals surface area contributed by atoms with E-state index in [4.69, 9.17) is 11.5 Å². The Balaban J connectivity index is 1.35. The third-order valence-electron chi connectivity index (χ3n) is 19.9. The van der Waals surface area contributed by atoms with Crippen LogP contribution in [0.5, 0.6) is 5.75 Å². The third kappa shape index (κ3) is 32.5. The van der Waals surface area contributed by atoms with Gasteiger partial charge in [-0.15, -0.1) is 0 Å². The van der Waals surface area contributed by atoms with E-state index < -0.39 is 235 Å². The van der Waals surface area contributed by atoms with Crippen molar-refractivity contribution in [2.45, 2.75) is 222 Å². The number of carboxylic acid groups (broad SMARTS) is 2. The highest BCUT2D eigenvalue weighted by molar-refractivity contribution is 7.99. The normalized spacial score (nSPS) is 24.5. The van der Waals surface area contributed by atoms with E-state index in [2.05, 4.69) is 74.4 Å². The summed E-state index contributed by atoms with van der Waals surface area (Å²) < 4.78 is 0. The number of carbonyl (C=O) groups is 18. The molecule has 0 fully saturated rings. The van der Waals surface area contributed by atoms with Crippen molar-refractivity contribution in [2.24, 2.45) is 16.9 Å². The molecule has 14 unspecified atom stereocenters. The van der Waals surface area contributed by atoms with Crippen molar-refractivity contribution in [3.63, 3.8) is 0 Å². The fraction of sp³-hybridized carbons (Fsp3) is 0.459. The second kappa shape index (κ2) is 47.6. The van der Waals surface area contributed by atoms with Gasteiger partial charge in [-0.1, -0.05) is 138 Å². The molecule has 15 amide bonds. The number of ketones is 1. The average molecular weight is 1790 g/mol. The molecular formula is C85H110N16O21S3. The summed E-state index contributed by atoms with van der Waals surface area (Å²) in [7, 11) is 0. The van der Waals surface area contributed by atoms with Crippen LogP contribution in [-0.4, -0.2) is 230 Å². The van der Waals surface area contributed by atoms with Crippen molar-refractivity contribution in [3.05, 3.63) is 149 Å². The smallest absolute Gasteiger partial charge is 0.305 e. The maximum Gasteiger partial charge on any atom is 0.305 e. The summed E-state index contributed by atoms with van der Waals surface area (Å²) in [4.78, 5) is 255. The lowest BCUT2D eigenvalue weighted by Crippen LogP contribution is -2.62. The molecule has 0 saturated heterocycles. The summed E-state index contributed by atoms with van der Waals surface area (Å²) in [5, 5.41) is 67.9. The van der Waals surface area contributed by atoms with Crippen LogP contribution in [0.1, 0.15) is 128 Å². The molecule has 2 aliphatic rings. The Morgan fingerprint density at radius 2 is 0.872 bits per heavy atom. The molecule has 4 bridgehead atoms. The highest BCUT2D eigenvalue weighted by Gasteiger charge is 2.41. The van der Waals surface area contributed by atoms with Crippen LogP contribution >= 0.6 is 35.3 Å². The van der Waals surface area contributed by atoms with Crippen molar-refractivity contribution in [3.8, 4) is 5.75 Å². The van der Waals surface area contributed by atoms with Gasteiger partial charge in [0.05, 0.1) is 18.9 Å². The molecular weight excluding hydrogens is 1680 g/mol. The number of aromatic hydroxyl groups is 1. The first-order valence-electron chi connectivity index (χ1n) is 40.4. The van der Waals surface area contributed by atoms with Gasteiger partial charge in [0.15, 0.2) is 0 Å². The molecule has 40 heteroatoms. The van der Waals surface area contributed by atoms with Crippen LogP contribution in [0.15, 0.2) is 115 Å². The van der Waals surface area contributed by atoms with Crippen molar-refractivity contribution in [1.29, 1.82) is 0 Å². The molecule has 2 heterocycles. The summed E-state index contributed by atoms with van der Waals surface area (Å²) >= 11 is 3.52. The molecule has 2 aliphatic heterocycles. The number of hydrogen-bond donors (Lipinski definition) is 19. The summed E-state index contributed by atoms with van der Waals surface area (Å²) in [6.07, 6.45) is -5.09. The summed E-state index contributed by atoms with van der Waals surface area (Å²) in [6.45, 7) is 13.1. The molecule has 0 spiro atoms. The average Bonchev–Trinajstić information content (AvgIpc) is 0.811. The summed E-state index contributed by atoms with van der Waals surface area (Å²) in [6, 6.07) is 7.94. The zero-order chi connectivity index (χ0) is 92.1. The number of fused-ring (bicyclic) bond motifs is 6. The highest BCUT2D eigenvalue weighted by Crippen LogP contribution is 2.27. The first-order chi connectivity index (χ1) is 59.0. The molecule has 0 radical (unpaired) electrons. The maximum absolute atomic E-state index is 15.1. The monoisotopic (exact) mass is 1790 g/mol. The quantitative estimate of drug-likeness (QED) is 0.0523. The molecule has 21 N–H and O–H groups in total. The van der Waals surface area contributed by atoms with Crippen LogP contribution in [0.2, 0.25) is 0 Å². The van der Waals surface area contributed by atoms with Gasteiger partial charge < -0.3 is 101 Å². The number of aliphatic carboxylic acids is 2. The van der Waals surface area contributed by atoms with Crippen LogP contribution in [0, 0.1) is 5.41 Å². The van der Waals surface area contributed by atoms with E-state index in [9.17, 15) is 96.8 Å². The number of phenolic OH excluding ortho intramolecular Hbond substituents is 1. The van der Waals surface area contributed by atoms with Crippen LogP contribution in [0.4, 0.5) is 0 Å². The van der Waals surface area contributed by atoms with E-state index in [0.717, 1.165) is 30.4 Å². The number of benzene rings is 5. The first-order valence-corrected chi connectivity index (χ1v) is 43.8. The topological polar surface area (TPSA) is 588 Å². The lowest BCUT2D eigenvalue weighted by molar-refractivity contribution is -0.142. The summed E-state index contributed by atoms with van der Waals surface area (Å²) in [5.74, 6) is -19.7. The Morgan fingerprint density at radius 1 is 0.440 bits per heavy atom. The number of thioether (sulfide) groups is 3. The van der Waals surface area contributed by atoms with Gasteiger partial charge in [-0.3, -0.25) is 86.3 Å². The minimum absolute atomic E-state index is 0.0498. The fourth-order valence-corrected chi connectivity index (χ4v) is 16.4. The Labute approximate surface area is 734 Å². The minimum Gasteiger partial charge on any atom is -0.508 e. The molecule has 674 valence electrons. The zero-order valence-corrected chi connectivity index (χ0v) is 73.0. The number of amides is 15. The van der Waals surface area contributed by atoms with Crippen LogP contribution in [0.3, 0.4) is 0 Å². The lowest BCUT2D eigenvalue weighted by Gasteiger charge is -2.33. The highest BCUT2D eigenvalue weighted by atomic mass is 32.2. The van der Waals surface area contributed by atoms with E-state index in [0.29, 0.717) is 44.2 Å². The van der Waals surface area contributed by atoms with Crippen LogP contribution < -0.4 is 85.9 Å². The number of rotatable bonds is 18. The van der Waals surface area contributed by atoms with Crippen LogP contribution in [-0.2, 0) is 123 Å². The number of carbonyl (C=O) groups excluding carboxylic acids is 16. The zero-order valence-electron chi connectivity index (χ0n) is 70.6. The van der Waals surface area contributed by atoms with E-state index in [-0.39, 0.29) is 59.2 Å². The van der Waals surface area contributed by atoms with Gasteiger partial charge in [0.25, 0.3) is 0 Å². The number of primary amides is 2. The van der Waals surface area contributed by atoms with Gasteiger partial charge in [0, 0.05) is 72.7 Å². The third-order valence-corrected chi connectivity index (χ3v) is 23.2. The number of nitrogens with one attached hydrogen (secondary N) is 14. The van der Waals surface area contributed by atoms with Crippen molar-refractivity contribution in [1.82, 2.24) is 74.4 Å². The fourth-order valence-electron chi connectivity index (χ4n) is 13.4. The number of phenols is 1. The number of hydrogen-bond acceptors (Lipinski definition) is 23. The van der Waals surface area contributed by atoms with E-state index in [1.54, 1.807) is 113 Å². The molecule has 14 atom stereocenters. The van der Waals surface area contributed by atoms with Crippen molar-refractivity contribution < 1.29 is 102 Å². The predicted molar refractivity (Wildman–Crippen MR) is 466 cm³/mol. The number of Topliss-reactive ketones (excluding diaryl/α,β-unsaturated/α-hetero) is 1. The largest absolute Gasteiger partial charge is 0.508 e. The lowest BCUT2D eigenvalue weighted by atomic mass is 9.85. The molecule has 7 rings (SSSR count). The standard InChI is InChI=1S/C85H110N16O21S3/c1-43(2)88-65-41-124-38-51-29-50-30-52(31-51)39-125-42-66(100-74(112)47(6)89-76(114)61(34-54-20-15-19-53-18-13-14-21-56(53)54)97-75(113)57(26-27-68(105)106)92-80(118)62(35-67(86)104)94-73(111)46(5)90-82(65)120)83(121)91-45(4)72(110)93-58(28-44(3)102)77(115)95-59(32-48-16-11-10-12-17-48)78(116)96-60(33-49-22-24-55(103)25-23-49)79(117)98-63(36-69(107)108)81(119)101-70(85(7,8)9)84(122)99-64(71(87)109)40-123-37-50/h10-25,29-31,43,45-47,57-66,70,88,103H,26-28,32-42H2,1-9H3,(H2,86,104)(H2,87,109)(H,89,114)(H,90,120)(H,91,121)(H,92,118)(H,93,110)(H,94,111)(H,95,115)(H,96,116)(H,97,113)(H,98,117)(H,99,122)(H,100,112)(H,101,119)(H,105,106)(H,107,108). The van der Waals surface area contributed by atoms with E-state index >= 15 is 4.79 Å². The second-order valence-corrected chi connectivity index (χ2v) is 35.1. The maximum atomic E-state index is 15.1.